The Morgan fingerprint density at radius 3 is 2.55 bits per heavy atom. The Bertz CT molecular complexity index is 700. The van der Waals surface area contributed by atoms with Crippen molar-refractivity contribution in [2.45, 2.75) is 31.3 Å². The second-order valence-corrected chi connectivity index (χ2v) is 6.69. The van der Waals surface area contributed by atoms with Crippen molar-refractivity contribution >= 4 is 23.1 Å². The molecule has 2 heterocycles. The number of carbonyl (C=O) groups excluding carboxylic acids is 1. The molecule has 2 saturated heterocycles. The molecule has 2 bridgehead atoms. The Kier molecular flexibility index (Phi) is 3.42. The minimum atomic E-state index is 0.0867. The minimum absolute atomic E-state index is 0.0867. The predicted octanol–water partition coefficient (Wildman–Crippen LogP) is 4.64. The molecule has 2 nitrogen and oxygen atoms in total. The van der Waals surface area contributed by atoms with Gasteiger partial charge in [0.2, 0.25) is 0 Å². The predicted molar refractivity (Wildman–Crippen MR) is 89.3 cm³/mol. The molecule has 0 aromatic heterocycles. The van der Waals surface area contributed by atoms with E-state index in [1.165, 1.54) is 5.69 Å². The van der Waals surface area contributed by atoms with Crippen LogP contribution < -0.4 is 4.90 Å². The third kappa shape index (κ3) is 2.22. The molecule has 0 amide bonds. The van der Waals surface area contributed by atoms with Crippen LogP contribution in [0.25, 0.3) is 0 Å². The highest BCUT2D eigenvalue weighted by Crippen LogP contribution is 2.48. The highest BCUT2D eigenvalue weighted by Gasteiger charge is 2.47. The van der Waals surface area contributed by atoms with Gasteiger partial charge in [-0.1, -0.05) is 41.9 Å². The van der Waals surface area contributed by atoms with Gasteiger partial charge in [-0.25, -0.2) is 0 Å². The van der Waals surface area contributed by atoms with Gasteiger partial charge in [0.25, 0.3) is 0 Å². The molecule has 2 aliphatic heterocycles. The van der Waals surface area contributed by atoms with Crippen LogP contribution in [0.2, 0.25) is 5.02 Å². The van der Waals surface area contributed by atoms with Gasteiger partial charge in [0, 0.05) is 29.1 Å². The maximum Gasteiger partial charge on any atom is 0.140 e. The first-order valence-corrected chi connectivity index (χ1v) is 8.23. The highest BCUT2D eigenvalue weighted by atomic mass is 35.5. The number of fused-ring (bicyclic) bond motifs is 3. The van der Waals surface area contributed by atoms with Crippen LogP contribution >= 0.6 is 11.6 Å². The summed E-state index contributed by atoms with van der Waals surface area (Å²) in [6.07, 6.45) is 2.77. The largest absolute Gasteiger partial charge is 0.360 e. The summed E-state index contributed by atoms with van der Waals surface area (Å²) in [5, 5.41) is 0.736. The number of piperidine rings is 2. The second kappa shape index (κ2) is 5.44. The molecule has 2 aromatic rings. The van der Waals surface area contributed by atoms with Crippen molar-refractivity contribution in [1.29, 1.82) is 0 Å². The number of carbonyl (C=O) groups is 1. The first kappa shape index (κ1) is 13.8. The zero-order chi connectivity index (χ0) is 15.1. The monoisotopic (exact) mass is 311 g/mol. The molecule has 1 saturated carbocycles. The van der Waals surface area contributed by atoms with Crippen molar-refractivity contribution in [3.63, 3.8) is 0 Å². The van der Waals surface area contributed by atoms with Crippen molar-refractivity contribution in [3.05, 3.63) is 65.2 Å². The summed E-state index contributed by atoms with van der Waals surface area (Å²) < 4.78 is 0. The van der Waals surface area contributed by atoms with Gasteiger partial charge in [-0.2, -0.15) is 0 Å². The molecule has 3 fully saturated rings. The molecule has 0 spiro atoms. The van der Waals surface area contributed by atoms with Crippen molar-refractivity contribution in [3.8, 4) is 0 Å². The van der Waals surface area contributed by atoms with Crippen molar-refractivity contribution in [2.24, 2.45) is 5.92 Å². The summed E-state index contributed by atoms with van der Waals surface area (Å²) in [5.74, 6) is 0.497. The van der Waals surface area contributed by atoms with E-state index in [0.717, 1.165) is 23.4 Å². The maximum absolute atomic E-state index is 12.4. The highest BCUT2D eigenvalue weighted by molar-refractivity contribution is 6.30. The molecule has 0 unspecified atom stereocenters. The lowest BCUT2D eigenvalue weighted by molar-refractivity contribution is -0.128. The minimum Gasteiger partial charge on any atom is -0.360 e. The molecule has 1 aliphatic carbocycles. The Balaban J connectivity index is 1.82. The number of hydrogen-bond acceptors (Lipinski definition) is 2. The molecular weight excluding hydrogens is 294 g/mol. The Morgan fingerprint density at radius 2 is 1.82 bits per heavy atom. The van der Waals surface area contributed by atoms with Gasteiger partial charge in [0.1, 0.15) is 5.78 Å². The summed E-state index contributed by atoms with van der Waals surface area (Å²) in [5.41, 5.74) is 2.36. The van der Waals surface area contributed by atoms with Gasteiger partial charge >= 0.3 is 0 Å². The van der Waals surface area contributed by atoms with E-state index in [4.69, 9.17) is 11.6 Å². The van der Waals surface area contributed by atoms with Crippen LogP contribution in [0.5, 0.6) is 0 Å². The van der Waals surface area contributed by atoms with Gasteiger partial charge in [-0.05, 0) is 42.7 Å². The fourth-order valence-corrected chi connectivity index (χ4v) is 4.26. The lowest BCUT2D eigenvalue weighted by Crippen LogP contribution is -2.54. The third-order valence-corrected chi connectivity index (χ3v) is 5.22. The van der Waals surface area contributed by atoms with Crippen molar-refractivity contribution < 1.29 is 4.79 Å². The molecule has 0 radical (unpaired) electrons. The molecule has 22 heavy (non-hydrogen) atoms. The normalized spacial score (nSPS) is 27.2. The molecule has 3 heteroatoms. The van der Waals surface area contributed by atoms with E-state index in [0.29, 0.717) is 18.2 Å². The van der Waals surface area contributed by atoms with Crippen molar-refractivity contribution in [2.75, 3.05) is 4.90 Å². The quantitative estimate of drug-likeness (QED) is 0.805. The number of para-hydroxylation sites is 1. The number of benzene rings is 2. The average Bonchev–Trinajstić information content (AvgIpc) is 2.55. The topological polar surface area (TPSA) is 20.3 Å². The zero-order valence-corrected chi connectivity index (χ0v) is 13.0. The van der Waals surface area contributed by atoms with Crippen LogP contribution in [0, 0.1) is 5.92 Å². The van der Waals surface area contributed by atoms with E-state index in [1.807, 2.05) is 24.3 Å². The molecule has 3 aliphatic rings. The number of hydrogen-bond donors (Lipinski definition) is 0. The van der Waals surface area contributed by atoms with E-state index >= 15 is 0 Å². The fraction of sp³-hybridized carbons (Fsp3) is 0.316. The number of anilines is 1. The molecule has 5 rings (SSSR count). The second-order valence-electron chi connectivity index (χ2n) is 6.25. The van der Waals surface area contributed by atoms with Gasteiger partial charge < -0.3 is 4.90 Å². The maximum atomic E-state index is 12.4. The fourth-order valence-electron chi connectivity index (χ4n) is 4.07. The number of halogens is 1. The van der Waals surface area contributed by atoms with Crippen LogP contribution in [-0.4, -0.2) is 11.8 Å². The van der Waals surface area contributed by atoms with Crippen LogP contribution in [0.1, 0.15) is 30.9 Å². The first-order chi connectivity index (χ1) is 10.7. The first-order valence-electron chi connectivity index (χ1n) is 7.85. The Morgan fingerprint density at radius 1 is 1.00 bits per heavy atom. The Hall–Kier alpha value is -1.80. The molecular formula is C19H18ClNO. The molecule has 112 valence electrons. The summed E-state index contributed by atoms with van der Waals surface area (Å²) in [6.45, 7) is 0. The van der Waals surface area contributed by atoms with Crippen LogP contribution in [0.3, 0.4) is 0 Å². The van der Waals surface area contributed by atoms with E-state index in [2.05, 4.69) is 35.2 Å². The summed E-state index contributed by atoms with van der Waals surface area (Å²) in [4.78, 5) is 14.9. The Labute approximate surface area is 135 Å². The van der Waals surface area contributed by atoms with E-state index < -0.39 is 0 Å². The van der Waals surface area contributed by atoms with Crippen LogP contribution in [0.4, 0.5) is 5.69 Å². The molecule has 2 aromatic carbocycles. The summed E-state index contributed by atoms with van der Waals surface area (Å²) in [7, 11) is 0. The van der Waals surface area contributed by atoms with Gasteiger partial charge in [-0.3, -0.25) is 4.79 Å². The third-order valence-electron chi connectivity index (χ3n) is 4.98. The van der Waals surface area contributed by atoms with E-state index in [9.17, 15) is 4.79 Å². The SMILES string of the molecule is O=C1C[C@@H]2CC[C@H]1[C@H](c1cccc(Cl)c1)N2c1ccccc1. The molecule has 0 N–H and O–H groups in total. The summed E-state index contributed by atoms with van der Waals surface area (Å²) in [6, 6.07) is 18.8. The smallest absolute Gasteiger partial charge is 0.140 e. The number of Topliss-reactive ketones (excluding diaryl/α,β-unsaturated/α-hetero) is 1. The summed E-state index contributed by atoms with van der Waals surface area (Å²) >= 11 is 6.19. The van der Waals surface area contributed by atoms with Gasteiger partial charge in [0.15, 0.2) is 0 Å². The van der Waals surface area contributed by atoms with Gasteiger partial charge in [0.05, 0.1) is 6.04 Å². The van der Waals surface area contributed by atoms with Crippen LogP contribution in [-0.2, 0) is 4.79 Å². The lowest BCUT2D eigenvalue weighted by Gasteiger charge is -2.52. The lowest BCUT2D eigenvalue weighted by atomic mass is 9.71. The van der Waals surface area contributed by atoms with E-state index in [1.54, 1.807) is 0 Å². The van der Waals surface area contributed by atoms with Crippen molar-refractivity contribution in [1.82, 2.24) is 0 Å². The van der Waals surface area contributed by atoms with Crippen LogP contribution in [0.15, 0.2) is 54.6 Å². The van der Waals surface area contributed by atoms with Gasteiger partial charge in [-0.15, -0.1) is 0 Å². The van der Waals surface area contributed by atoms with E-state index in [-0.39, 0.29) is 12.0 Å². The number of ketones is 1. The molecule has 3 atom stereocenters. The standard InChI is InChI=1S/C19H18ClNO/c20-14-6-4-5-13(11-14)19-17-10-9-16(12-18(17)22)21(19)15-7-2-1-3-8-15/h1-8,11,16-17,19H,9-10,12H2/t16-,17+,19-/m0/s1. The average molecular weight is 312 g/mol. The number of nitrogens with zero attached hydrogens (tertiary/aromatic N) is 1. The number of rotatable bonds is 2. The zero-order valence-electron chi connectivity index (χ0n) is 12.3.